The van der Waals surface area contributed by atoms with Crippen LogP contribution < -0.4 is 16.2 Å². The number of carbonyl (C=O) groups excluding carboxylic acids is 1. The number of guanidine groups is 1. The fourth-order valence-corrected chi connectivity index (χ4v) is 2.31. The molecule has 2 atom stereocenters. The van der Waals surface area contributed by atoms with Gasteiger partial charge < -0.3 is 26.0 Å². The summed E-state index contributed by atoms with van der Waals surface area (Å²) < 4.78 is 11.1. The van der Waals surface area contributed by atoms with Gasteiger partial charge in [0.15, 0.2) is 5.96 Å². The summed E-state index contributed by atoms with van der Waals surface area (Å²) in [6.07, 6.45) is -1.47. The maximum Gasteiger partial charge on any atom is 0.280 e. The van der Waals surface area contributed by atoms with Crippen molar-refractivity contribution in [2.24, 2.45) is 16.5 Å². The zero-order valence-electron chi connectivity index (χ0n) is 12.2. The van der Waals surface area contributed by atoms with Crippen molar-refractivity contribution < 1.29 is 19.4 Å². The molecule has 5 N–H and O–H groups in total. The number of fused-ring (bicyclic) bond motifs is 1. The van der Waals surface area contributed by atoms with E-state index >= 15 is 0 Å². The maximum atomic E-state index is 11.9. The Kier molecular flexibility index (Phi) is 3.89. The van der Waals surface area contributed by atoms with Gasteiger partial charge in [-0.25, -0.2) is 0 Å². The van der Waals surface area contributed by atoms with E-state index in [-0.39, 0.29) is 5.96 Å². The molecule has 0 fully saturated rings. The summed E-state index contributed by atoms with van der Waals surface area (Å²) in [5.41, 5.74) is 10.5. The lowest BCUT2D eigenvalue weighted by Gasteiger charge is -2.41. The Morgan fingerprint density at radius 1 is 1.43 bits per heavy atom. The number of amides is 1. The molecule has 0 saturated heterocycles. The highest BCUT2D eigenvalue weighted by Crippen LogP contribution is 2.41. The van der Waals surface area contributed by atoms with Crippen molar-refractivity contribution in [1.82, 2.24) is 0 Å². The third kappa shape index (κ3) is 2.84. The lowest BCUT2D eigenvalue weighted by atomic mass is 9.87. The molecule has 0 radical (unpaired) electrons. The molecule has 0 bridgehead atoms. The summed E-state index contributed by atoms with van der Waals surface area (Å²) in [4.78, 5) is 15.3. The van der Waals surface area contributed by atoms with Gasteiger partial charge in [0.1, 0.15) is 23.6 Å². The van der Waals surface area contributed by atoms with E-state index < -0.39 is 23.7 Å². The van der Waals surface area contributed by atoms with Crippen LogP contribution in [0.25, 0.3) is 0 Å². The third-order valence-corrected chi connectivity index (χ3v) is 3.42. The molecule has 114 valence electrons. The van der Waals surface area contributed by atoms with Crippen LogP contribution in [0.4, 0.5) is 0 Å². The van der Waals surface area contributed by atoms with Crippen LogP contribution in [0.15, 0.2) is 23.2 Å². The van der Waals surface area contributed by atoms with Crippen LogP contribution in [0.1, 0.15) is 35.9 Å². The Bertz CT molecular complexity index is 594. The van der Waals surface area contributed by atoms with Gasteiger partial charge in [-0.1, -0.05) is 0 Å². The smallest absolute Gasteiger partial charge is 0.280 e. The molecule has 21 heavy (non-hydrogen) atoms. The molecule has 1 heterocycles. The maximum absolute atomic E-state index is 11.9. The van der Waals surface area contributed by atoms with Crippen LogP contribution in [0, 0.1) is 0 Å². The van der Waals surface area contributed by atoms with Crippen molar-refractivity contribution >= 4 is 11.9 Å². The van der Waals surface area contributed by atoms with Crippen LogP contribution in [0.5, 0.6) is 5.75 Å². The summed E-state index contributed by atoms with van der Waals surface area (Å²) in [7, 11) is 1.49. The second-order valence-corrected chi connectivity index (χ2v) is 5.40. The Morgan fingerprint density at radius 3 is 2.67 bits per heavy atom. The molecule has 1 aromatic rings. The van der Waals surface area contributed by atoms with Crippen LogP contribution in [0.2, 0.25) is 0 Å². The Hall–Kier alpha value is -2.12. The van der Waals surface area contributed by atoms with Crippen molar-refractivity contribution in [3.8, 4) is 5.75 Å². The molecule has 0 aromatic heterocycles. The lowest BCUT2D eigenvalue weighted by molar-refractivity contribution is -0.124. The van der Waals surface area contributed by atoms with E-state index in [0.29, 0.717) is 16.9 Å². The quantitative estimate of drug-likeness (QED) is 0.533. The molecular weight excluding hydrogens is 274 g/mol. The number of aliphatic hydroxyl groups excluding tert-OH is 1. The summed E-state index contributed by atoms with van der Waals surface area (Å²) in [6.45, 7) is 3.54. The first-order valence-electron chi connectivity index (χ1n) is 6.44. The Balaban J connectivity index is 2.46. The molecule has 1 aliphatic rings. The highest BCUT2D eigenvalue weighted by Gasteiger charge is 2.43. The number of hydrogen-bond acceptors (Lipinski definition) is 4. The van der Waals surface area contributed by atoms with Gasteiger partial charge in [-0.3, -0.25) is 4.79 Å². The van der Waals surface area contributed by atoms with Crippen molar-refractivity contribution in [2.45, 2.75) is 31.7 Å². The molecule has 7 nitrogen and oxygen atoms in total. The van der Waals surface area contributed by atoms with Gasteiger partial charge in [0.05, 0.1) is 0 Å². The van der Waals surface area contributed by atoms with Crippen LogP contribution in [-0.2, 0) is 4.74 Å². The van der Waals surface area contributed by atoms with E-state index in [2.05, 4.69) is 4.99 Å². The zero-order valence-corrected chi connectivity index (χ0v) is 12.2. The SMILES string of the molecule is CO[C@H]1c2cc(C(=O)N=C(N)N)ccc2OC(C)(C)[C@@H]1O. The molecule has 0 spiro atoms. The summed E-state index contributed by atoms with van der Waals surface area (Å²) in [6, 6.07) is 4.77. The second kappa shape index (κ2) is 5.34. The van der Waals surface area contributed by atoms with Gasteiger partial charge in [0.2, 0.25) is 0 Å². The summed E-state index contributed by atoms with van der Waals surface area (Å²) >= 11 is 0. The van der Waals surface area contributed by atoms with E-state index in [0.717, 1.165) is 0 Å². The van der Waals surface area contributed by atoms with Crippen LogP contribution in [0.3, 0.4) is 0 Å². The minimum absolute atomic E-state index is 0.291. The fourth-order valence-electron chi connectivity index (χ4n) is 2.31. The molecule has 2 rings (SSSR count). The first-order chi connectivity index (χ1) is 9.76. The number of benzene rings is 1. The number of nitrogens with zero attached hydrogens (tertiary/aromatic N) is 1. The second-order valence-electron chi connectivity index (χ2n) is 5.40. The average Bonchev–Trinajstić information content (AvgIpc) is 2.38. The van der Waals surface area contributed by atoms with Crippen LogP contribution in [-0.4, -0.2) is 35.8 Å². The van der Waals surface area contributed by atoms with Gasteiger partial charge >= 0.3 is 0 Å². The van der Waals surface area contributed by atoms with Crippen molar-refractivity contribution in [1.29, 1.82) is 0 Å². The molecule has 0 aliphatic carbocycles. The standard InChI is InChI=1S/C14H19N3O4/c1-14(2)11(18)10(20-3)8-6-7(4-5-9(8)21-14)12(19)17-13(15)16/h4-6,10-11,18H,1-3H3,(H4,15,16,17,19)/t10-,11+/m0/s1. The van der Waals surface area contributed by atoms with Crippen molar-refractivity contribution in [3.05, 3.63) is 29.3 Å². The largest absolute Gasteiger partial charge is 0.485 e. The molecule has 0 unspecified atom stereocenters. The minimum atomic E-state index is -0.872. The van der Waals surface area contributed by atoms with E-state index in [9.17, 15) is 9.90 Å². The Morgan fingerprint density at radius 2 is 2.10 bits per heavy atom. The molecule has 1 amide bonds. The fraction of sp³-hybridized carbons (Fsp3) is 0.429. The molecule has 0 saturated carbocycles. The topological polar surface area (TPSA) is 120 Å². The van der Waals surface area contributed by atoms with E-state index in [1.807, 2.05) is 0 Å². The van der Waals surface area contributed by atoms with E-state index in [1.165, 1.54) is 7.11 Å². The number of aliphatic imine (C=N–C) groups is 1. The minimum Gasteiger partial charge on any atom is -0.485 e. The number of ether oxygens (including phenoxy) is 2. The average molecular weight is 293 g/mol. The highest BCUT2D eigenvalue weighted by molar-refractivity contribution is 6.02. The summed E-state index contributed by atoms with van der Waals surface area (Å²) in [5.74, 6) is -0.316. The Labute approximate surface area is 122 Å². The summed E-state index contributed by atoms with van der Waals surface area (Å²) in [5, 5.41) is 10.3. The van der Waals surface area contributed by atoms with Gasteiger partial charge in [0.25, 0.3) is 5.91 Å². The van der Waals surface area contributed by atoms with Crippen LogP contribution >= 0.6 is 0 Å². The van der Waals surface area contributed by atoms with Gasteiger partial charge in [-0.2, -0.15) is 4.99 Å². The number of aliphatic hydroxyl groups is 1. The monoisotopic (exact) mass is 293 g/mol. The first-order valence-corrected chi connectivity index (χ1v) is 6.44. The zero-order chi connectivity index (χ0) is 15.8. The van der Waals surface area contributed by atoms with Crippen molar-refractivity contribution in [3.63, 3.8) is 0 Å². The van der Waals surface area contributed by atoms with Gasteiger partial charge in [0, 0.05) is 18.2 Å². The van der Waals surface area contributed by atoms with Crippen molar-refractivity contribution in [2.75, 3.05) is 7.11 Å². The number of methoxy groups -OCH3 is 1. The number of hydrogen-bond donors (Lipinski definition) is 3. The lowest BCUT2D eigenvalue weighted by Crippen LogP contribution is -2.49. The van der Waals surface area contributed by atoms with Gasteiger partial charge in [-0.15, -0.1) is 0 Å². The number of nitrogens with two attached hydrogens (primary N) is 2. The van der Waals surface area contributed by atoms with E-state index in [1.54, 1.807) is 32.0 Å². The predicted octanol–water partition coefficient (Wildman–Crippen LogP) is 0.320. The normalized spacial score (nSPS) is 22.9. The number of carbonyl (C=O) groups is 1. The molecule has 7 heteroatoms. The van der Waals surface area contributed by atoms with Gasteiger partial charge in [-0.05, 0) is 32.0 Å². The molecule has 1 aliphatic heterocycles. The highest BCUT2D eigenvalue weighted by atomic mass is 16.5. The predicted molar refractivity (Wildman–Crippen MR) is 77.0 cm³/mol. The molecular formula is C14H19N3O4. The third-order valence-electron chi connectivity index (χ3n) is 3.42. The number of rotatable bonds is 2. The van der Waals surface area contributed by atoms with E-state index in [4.69, 9.17) is 20.9 Å². The first kappa shape index (κ1) is 15.3. The molecule has 1 aromatic carbocycles.